The van der Waals surface area contributed by atoms with Gasteiger partial charge in [-0.25, -0.2) is 0 Å². The highest BCUT2D eigenvalue weighted by Gasteiger charge is 2.37. The van der Waals surface area contributed by atoms with Crippen LogP contribution in [0.3, 0.4) is 0 Å². The Bertz CT molecular complexity index is 995. The lowest BCUT2D eigenvalue weighted by Crippen LogP contribution is -2.27. The van der Waals surface area contributed by atoms with Crippen LogP contribution in [0.15, 0.2) is 41.6 Å². The number of methoxy groups -OCH3 is 4. The quantitative estimate of drug-likeness (QED) is 0.815. The molecule has 29 heavy (non-hydrogen) atoms. The van der Waals surface area contributed by atoms with E-state index in [1.807, 2.05) is 30.3 Å². The van der Waals surface area contributed by atoms with Gasteiger partial charge in [0.25, 0.3) is 0 Å². The number of carbonyl (C=O) groups is 1. The standard InChI is InChI=1S/C23H25NO5/c1-26-13-8-9-19(27-2)15(10-13)22-14-11-20(28-3)21(29-4)12-17(14)24-16-6-5-7-18(25)23(16)22/h8-12,22,24H,5-7H2,1-4H3/t22-/m0/s1. The average molecular weight is 395 g/mol. The lowest BCUT2D eigenvalue weighted by Gasteiger charge is -2.35. The number of hydrogen-bond acceptors (Lipinski definition) is 6. The van der Waals surface area contributed by atoms with Gasteiger partial charge in [0.1, 0.15) is 11.5 Å². The van der Waals surface area contributed by atoms with Crippen LogP contribution < -0.4 is 24.3 Å². The Balaban J connectivity index is 2.00. The highest BCUT2D eigenvalue weighted by atomic mass is 16.5. The molecule has 1 aliphatic heterocycles. The van der Waals surface area contributed by atoms with Gasteiger partial charge in [0, 0.05) is 40.9 Å². The molecule has 152 valence electrons. The fraction of sp³-hybridized carbons (Fsp3) is 0.348. The second-order valence-corrected chi connectivity index (χ2v) is 7.13. The predicted octanol–water partition coefficient (Wildman–Crippen LogP) is 4.29. The number of rotatable bonds is 5. The van der Waals surface area contributed by atoms with E-state index in [4.69, 9.17) is 18.9 Å². The van der Waals surface area contributed by atoms with E-state index in [0.29, 0.717) is 29.4 Å². The van der Waals surface area contributed by atoms with Gasteiger partial charge < -0.3 is 24.3 Å². The first-order chi connectivity index (χ1) is 14.1. The number of fused-ring (bicyclic) bond motifs is 1. The van der Waals surface area contributed by atoms with Crippen molar-refractivity contribution in [2.75, 3.05) is 33.8 Å². The molecular formula is C23H25NO5. The molecule has 1 heterocycles. The summed E-state index contributed by atoms with van der Waals surface area (Å²) in [6, 6.07) is 9.55. The third kappa shape index (κ3) is 3.18. The second kappa shape index (κ2) is 7.70. The molecule has 6 nitrogen and oxygen atoms in total. The summed E-state index contributed by atoms with van der Waals surface area (Å²) in [5.41, 5.74) is 4.51. The molecule has 0 saturated heterocycles. The summed E-state index contributed by atoms with van der Waals surface area (Å²) < 4.78 is 22.2. The van der Waals surface area contributed by atoms with Gasteiger partial charge in [-0.05, 0) is 42.7 Å². The van der Waals surface area contributed by atoms with Crippen molar-refractivity contribution in [2.45, 2.75) is 25.2 Å². The molecule has 1 aliphatic carbocycles. The second-order valence-electron chi connectivity index (χ2n) is 7.13. The van der Waals surface area contributed by atoms with Crippen molar-refractivity contribution in [3.8, 4) is 23.0 Å². The lowest BCUT2D eigenvalue weighted by molar-refractivity contribution is -0.116. The van der Waals surface area contributed by atoms with E-state index in [-0.39, 0.29) is 11.7 Å². The monoisotopic (exact) mass is 395 g/mol. The molecule has 0 saturated carbocycles. The van der Waals surface area contributed by atoms with Gasteiger partial charge in [0.05, 0.1) is 28.4 Å². The molecular weight excluding hydrogens is 370 g/mol. The molecule has 0 unspecified atom stereocenters. The number of carbonyl (C=O) groups excluding carboxylic acids is 1. The van der Waals surface area contributed by atoms with Gasteiger partial charge in [-0.2, -0.15) is 0 Å². The van der Waals surface area contributed by atoms with E-state index in [1.54, 1.807) is 28.4 Å². The molecule has 1 atom stereocenters. The number of benzene rings is 2. The number of nitrogens with one attached hydrogen (secondary N) is 1. The highest BCUT2D eigenvalue weighted by Crippen LogP contribution is 2.50. The van der Waals surface area contributed by atoms with Gasteiger partial charge in [0.15, 0.2) is 17.3 Å². The maximum absolute atomic E-state index is 13.0. The zero-order chi connectivity index (χ0) is 20.5. The Morgan fingerprint density at radius 3 is 2.24 bits per heavy atom. The topological polar surface area (TPSA) is 66.0 Å². The van der Waals surface area contributed by atoms with Crippen LogP contribution in [0.2, 0.25) is 0 Å². The molecule has 0 amide bonds. The van der Waals surface area contributed by atoms with Crippen molar-refractivity contribution in [1.82, 2.24) is 0 Å². The summed E-state index contributed by atoms with van der Waals surface area (Å²) in [6.07, 6.45) is 2.22. The Labute approximate surface area is 170 Å². The molecule has 4 rings (SSSR count). The Kier molecular flexibility index (Phi) is 5.09. The summed E-state index contributed by atoms with van der Waals surface area (Å²) in [5, 5.41) is 3.47. The van der Waals surface area contributed by atoms with Crippen molar-refractivity contribution < 1.29 is 23.7 Å². The van der Waals surface area contributed by atoms with Crippen LogP contribution in [0, 0.1) is 0 Å². The molecule has 0 radical (unpaired) electrons. The van der Waals surface area contributed by atoms with Crippen LogP contribution in [0.1, 0.15) is 36.3 Å². The van der Waals surface area contributed by atoms with E-state index in [2.05, 4.69) is 5.32 Å². The fourth-order valence-electron chi connectivity index (χ4n) is 4.28. The number of Topliss-reactive ketones (excluding diaryl/α,β-unsaturated/α-hetero) is 1. The fourth-order valence-corrected chi connectivity index (χ4v) is 4.28. The van der Waals surface area contributed by atoms with Gasteiger partial charge in [-0.3, -0.25) is 4.79 Å². The first kappa shape index (κ1) is 19.2. The van der Waals surface area contributed by atoms with E-state index in [0.717, 1.165) is 40.9 Å². The Morgan fingerprint density at radius 1 is 0.828 bits per heavy atom. The first-order valence-corrected chi connectivity index (χ1v) is 9.62. The summed E-state index contributed by atoms with van der Waals surface area (Å²) in [6.45, 7) is 0. The number of allylic oxidation sites excluding steroid dienone is 2. The van der Waals surface area contributed by atoms with Crippen molar-refractivity contribution in [3.63, 3.8) is 0 Å². The van der Waals surface area contributed by atoms with E-state index >= 15 is 0 Å². The van der Waals surface area contributed by atoms with Gasteiger partial charge in [-0.15, -0.1) is 0 Å². The third-order valence-corrected chi connectivity index (χ3v) is 5.64. The van der Waals surface area contributed by atoms with Crippen LogP contribution in [0.4, 0.5) is 5.69 Å². The maximum Gasteiger partial charge on any atom is 0.162 e. The van der Waals surface area contributed by atoms with E-state index < -0.39 is 0 Å². The zero-order valence-electron chi connectivity index (χ0n) is 17.1. The normalized spacial score (nSPS) is 17.8. The Hall–Kier alpha value is -3.15. The smallest absolute Gasteiger partial charge is 0.162 e. The first-order valence-electron chi connectivity index (χ1n) is 9.62. The molecule has 1 N–H and O–H groups in total. The van der Waals surface area contributed by atoms with E-state index in [9.17, 15) is 4.79 Å². The maximum atomic E-state index is 13.0. The van der Waals surface area contributed by atoms with Crippen LogP contribution >= 0.6 is 0 Å². The zero-order valence-corrected chi connectivity index (χ0v) is 17.1. The third-order valence-electron chi connectivity index (χ3n) is 5.64. The minimum atomic E-state index is -0.279. The summed E-state index contributed by atoms with van der Waals surface area (Å²) in [4.78, 5) is 13.0. The SMILES string of the molecule is COc1ccc(OC)c([C@H]2C3=C(CCCC3=O)Nc3cc(OC)c(OC)cc32)c1. The summed E-state index contributed by atoms with van der Waals surface area (Å²) in [7, 11) is 6.49. The molecule has 2 aliphatic rings. The van der Waals surface area contributed by atoms with Crippen LogP contribution in [-0.4, -0.2) is 34.2 Å². The molecule has 0 aromatic heterocycles. The van der Waals surface area contributed by atoms with Crippen molar-refractivity contribution >= 4 is 11.5 Å². The lowest BCUT2D eigenvalue weighted by atomic mass is 9.75. The van der Waals surface area contributed by atoms with Crippen molar-refractivity contribution in [1.29, 1.82) is 0 Å². The molecule has 2 aromatic carbocycles. The molecule has 0 bridgehead atoms. The van der Waals surface area contributed by atoms with Gasteiger partial charge in [-0.1, -0.05) is 0 Å². The minimum Gasteiger partial charge on any atom is -0.497 e. The molecule has 0 fully saturated rings. The van der Waals surface area contributed by atoms with Crippen LogP contribution in [0.25, 0.3) is 0 Å². The van der Waals surface area contributed by atoms with Gasteiger partial charge in [0.2, 0.25) is 0 Å². The molecule has 2 aromatic rings. The predicted molar refractivity (Wildman–Crippen MR) is 110 cm³/mol. The van der Waals surface area contributed by atoms with Crippen molar-refractivity contribution in [2.24, 2.45) is 0 Å². The van der Waals surface area contributed by atoms with E-state index in [1.165, 1.54) is 0 Å². The summed E-state index contributed by atoms with van der Waals surface area (Å²) in [5.74, 6) is 2.57. The average Bonchev–Trinajstić information content (AvgIpc) is 2.76. The van der Waals surface area contributed by atoms with Crippen LogP contribution in [-0.2, 0) is 4.79 Å². The number of ether oxygens (including phenoxy) is 4. The number of hydrogen-bond donors (Lipinski definition) is 1. The van der Waals surface area contributed by atoms with Gasteiger partial charge >= 0.3 is 0 Å². The molecule has 6 heteroatoms. The molecule has 0 spiro atoms. The van der Waals surface area contributed by atoms with Crippen molar-refractivity contribution in [3.05, 3.63) is 52.7 Å². The largest absolute Gasteiger partial charge is 0.497 e. The minimum absolute atomic E-state index is 0.161. The Morgan fingerprint density at radius 2 is 1.55 bits per heavy atom. The number of ketones is 1. The summed E-state index contributed by atoms with van der Waals surface area (Å²) >= 11 is 0. The van der Waals surface area contributed by atoms with Crippen LogP contribution in [0.5, 0.6) is 23.0 Å². The highest BCUT2D eigenvalue weighted by molar-refractivity contribution is 6.01. The number of anilines is 1.